The first-order valence-corrected chi connectivity index (χ1v) is 8.24. The molecule has 1 fully saturated rings. The molecule has 1 aromatic heterocycles. The first-order valence-electron chi connectivity index (χ1n) is 7.29. The number of likely N-dealkylation sites (tertiary alicyclic amines) is 1. The third-order valence-electron chi connectivity index (χ3n) is 4.21. The fourth-order valence-corrected chi connectivity index (χ4v) is 3.65. The van der Waals surface area contributed by atoms with E-state index in [1.54, 1.807) is 16.2 Å². The lowest BCUT2D eigenvalue weighted by molar-refractivity contribution is -0.148. The van der Waals surface area contributed by atoms with Crippen molar-refractivity contribution < 1.29 is 14.7 Å². The van der Waals surface area contributed by atoms with E-state index in [0.717, 1.165) is 12.0 Å². The maximum Gasteiger partial charge on any atom is 0.317 e. The molecule has 6 heteroatoms. The van der Waals surface area contributed by atoms with E-state index in [0.29, 0.717) is 25.9 Å². The van der Waals surface area contributed by atoms with Gasteiger partial charge in [-0.3, -0.25) is 4.79 Å². The van der Waals surface area contributed by atoms with Crippen molar-refractivity contribution in [1.82, 2.24) is 10.2 Å². The molecule has 0 aliphatic carbocycles. The van der Waals surface area contributed by atoms with Crippen LogP contribution in [-0.4, -0.2) is 35.1 Å². The molecule has 2 amide bonds. The molecule has 0 aromatic carbocycles. The zero-order valence-corrected chi connectivity index (χ0v) is 13.3. The molecule has 2 unspecified atom stereocenters. The third kappa shape index (κ3) is 3.37. The number of carbonyl (C=O) groups is 2. The van der Waals surface area contributed by atoms with E-state index < -0.39 is 11.4 Å². The number of hydrogen-bond donors (Lipinski definition) is 2. The number of nitrogens with one attached hydrogen (secondary N) is 1. The van der Waals surface area contributed by atoms with Crippen LogP contribution in [0.4, 0.5) is 4.79 Å². The Morgan fingerprint density at radius 2 is 2.33 bits per heavy atom. The van der Waals surface area contributed by atoms with Crippen LogP contribution >= 0.6 is 11.3 Å². The average molecular weight is 310 g/mol. The zero-order valence-electron chi connectivity index (χ0n) is 12.5. The highest BCUT2D eigenvalue weighted by molar-refractivity contribution is 7.07. The molecule has 116 valence electrons. The Morgan fingerprint density at radius 3 is 2.90 bits per heavy atom. The van der Waals surface area contributed by atoms with E-state index in [1.165, 1.54) is 0 Å². The van der Waals surface area contributed by atoms with Gasteiger partial charge in [0, 0.05) is 13.1 Å². The number of carboxylic acid groups (broad SMARTS) is 1. The van der Waals surface area contributed by atoms with Crippen LogP contribution in [0.3, 0.4) is 0 Å². The summed E-state index contributed by atoms with van der Waals surface area (Å²) in [6, 6.07) is 1.75. The van der Waals surface area contributed by atoms with Crippen molar-refractivity contribution >= 4 is 23.3 Å². The number of hydrogen-bond acceptors (Lipinski definition) is 3. The lowest BCUT2D eigenvalue weighted by Crippen LogP contribution is -2.42. The summed E-state index contributed by atoms with van der Waals surface area (Å²) >= 11 is 1.59. The maximum absolute atomic E-state index is 12.3. The second kappa shape index (κ2) is 6.47. The summed E-state index contributed by atoms with van der Waals surface area (Å²) in [6.07, 6.45) is 1.97. The minimum atomic E-state index is -0.787. The van der Waals surface area contributed by atoms with Gasteiger partial charge in [0.1, 0.15) is 0 Å². The van der Waals surface area contributed by atoms with Crippen molar-refractivity contribution in [2.75, 3.05) is 13.1 Å². The van der Waals surface area contributed by atoms with Crippen molar-refractivity contribution in [2.24, 2.45) is 5.41 Å². The van der Waals surface area contributed by atoms with Gasteiger partial charge in [-0.2, -0.15) is 11.3 Å². The molecule has 2 atom stereocenters. The number of urea groups is 1. The fourth-order valence-electron chi connectivity index (χ4n) is 2.89. The minimum absolute atomic E-state index is 0.0604. The molecule has 1 aromatic rings. The minimum Gasteiger partial charge on any atom is -0.481 e. The predicted octanol–water partition coefficient (Wildman–Crippen LogP) is 3.10. The second-order valence-corrected chi connectivity index (χ2v) is 6.51. The highest BCUT2D eigenvalue weighted by Crippen LogP contribution is 2.35. The van der Waals surface area contributed by atoms with Gasteiger partial charge in [0.2, 0.25) is 0 Å². The van der Waals surface area contributed by atoms with Crippen LogP contribution < -0.4 is 5.32 Å². The molecule has 2 heterocycles. The van der Waals surface area contributed by atoms with Crippen molar-refractivity contribution in [1.29, 1.82) is 0 Å². The lowest BCUT2D eigenvalue weighted by atomic mass is 9.83. The van der Waals surface area contributed by atoms with Crippen molar-refractivity contribution in [3.05, 3.63) is 22.4 Å². The Labute approximate surface area is 129 Å². The van der Waals surface area contributed by atoms with Crippen LogP contribution in [0.25, 0.3) is 0 Å². The molecule has 1 aliphatic heterocycles. The molecule has 21 heavy (non-hydrogen) atoms. The summed E-state index contributed by atoms with van der Waals surface area (Å²) in [6.45, 7) is 4.73. The van der Waals surface area contributed by atoms with E-state index >= 15 is 0 Å². The fraction of sp³-hybridized carbons (Fsp3) is 0.600. The van der Waals surface area contributed by atoms with Gasteiger partial charge >= 0.3 is 12.0 Å². The van der Waals surface area contributed by atoms with Crippen LogP contribution in [0.1, 0.15) is 44.7 Å². The summed E-state index contributed by atoms with van der Waals surface area (Å²) in [7, 11) is 0. The van der Waals surface area contributed by atoms with Crippen LogP contribution in [-0.2, 0) is 4.79 Å². The number of thiophene rings is 1. The van der Waals surface area contributed by atoms with Gasteiger partial charge in [0.15, 0.2) is 0 Å². The van der Waals surface area contributed by atoms with E-state index in [1.807, 2.05) is 30.7 Å². The van der Waals surface area contributed by atoms with Gasteiger partial charge in [-0.25, -0.2) is 4.79 Å². The van der Waals surface area contributed by atoms with E-state index in [9.17, 15) is 14.7 Å². The maximum atomic E-state index is 12.3. The Bertz CT molecular complexity index is 503. The zero-order chi connectivity index (χ0) is 15.5. The Balaban J connectivity index is 1.97. The van der Waals surface area contributed by atoms with Gasteiger partial charge in [-0.1, -0.05) is 13.3 Å². The van der Waals surface area contributed by atoms with Crippen molar-refractivity contribution in [3.8, 4) is 0 Å². The van der Waals surface area contributed by atoms with Gasteiger partial charge in [-0.15, -0.1) is 0 Å². The number of nitrogens with zero attached hydrogens (tertiary/aromatic N) is 1. The van der Waals surface area contributed by atoms with Crippen molar-refractivity contribution in [3.63, 3.8) is 0 Å². The third-order valence-corrected chi connectivity index (χ3v) is 4.91. The number of rotatable bonds is 5. The SMILES string of the molecule is CCCC1(C(=O)O)CCN(C(=O)NC(C)c2ccsc2)C1. The predicted molar refractivity (Wildman–Crippen MR) is 82.4 cm³/mol. The molecular weight excluding hydrogens is 288 g/mol. The Morgan fingerprint density at radius 1 is 1.57 bits per heavy atom. The summed E-state index contributed by atoms with van der Waals surface area (Å²) in [5.41, 5.74) is 0.308. The molecule has 0 radical (unpaired) electrons. The Kier molecular flexibility index (Phi) is 4.88. The van der Waals surface area contributed by atoms with Crippen LogP contribution in [0, 0.1) is 5.41 Å². The standard InChI is InChI=1S/C15H22N2O3S/c1-3-5-15(13(18)19)6-7-17(10-15)14(20)16-11(2)12-4-8-21-9-12/h4,8-9,11H,3,5-7,10H2,1-2H3,(H,16,20)(H,18,19). The van der Waals surface area contributed by atoms with Crippen LogP contribution in [0.5, 0.6) is 0 Å². The summed E-state index contributed by atoms with van der Waals surface area (Å²) in [5.74, 6) is -0.787. The normalized spacial score (nSPS) is 23.0. The average Bonchev–Trinajstić information content (AvgIpc) is 3.09. The summed E-state index contributed by atoms with van der Waals surface area (Å²) < 4.78 is 0. The first kappa shape index (κ1) is 15.8. The monoisotopic (exact) mass is 310 g/mol. The highest BCUT2D eigenvalue weighted by Gasteiger charge is 2.45. The molecule has 2 rings (SSSR count). The number of carbonyl (C=O) groups excluding carboxylic acids is 1. The van der Waals surface area contributed by atoms with Gasteiger partial charge in [-0.05, 0) is 42.2 Å². The Hall–Kier alpha value is -1.56. The van der Waals surface area contributed by atoms with Gasteiger partial charge < -0.3 is 15.3 Å². The van der Waals surface area contributed by atoms with Gasteiger partial charge in [0.25, 0.3) is 0 Å². The smallest absolute Gasteiger partial charge is 0.317 e. The van der Waals surface area contributed by atoms with E-state index in [4.69, 9.17) is 0 Å². The molecule has 1 aliphatic rings. The summed E-state index contributed by atoms with van der Waals surface area (Å²) in [4.78, 5) is 25.5. The van der Waals surface area contributed by atoms with E-state index in [2.05, 4.69) is 5.32 Å². The molecule has 0 bridgehead atoms. The highest BCUT2D eigenvalue weighted by atomic mass is 32.1. The molecule has 1 saturated heterocycles. The molecule has 0 saturated carbocycles. The molecule has 5 nitrogen and oxygen atoms in total. The summed E-state index contributed by atoms with van der Waals surface area (Å²) in [5, 5.41) is 16.4. The van der Waals surface area contributed by atoms with Crippen LogP contribution in [0.2, 0.25) is 0 Å². The largest absolute Gasteiger partial charge is 0.481 e. The quantitative estimate of drug-likeness (QED) is 0.878. The van der Waals surface area contributed by atoms with Crippen molar-refractivity contribution in [2.45, 2.75) is 39.2 Å². The lowest BCUT2D eigenvalue weighted by Gasteiger charge is -2.25. The first-order chi connectivity index (χ1) is 9.98. The number of carboxylic acids is 1. The van der Waals surface area contributed by atoms with Crippen LogP contribution in [0.15, 0.2) is 16.8 Å². The number of amides is 2. The molecule has 2 N–H and O–H groups in total. The topological polar surface area (TPSA) is 69.6 Å². The molecular formula is C15H22N2O3S. The molecule has 0 spiro atoms. The van der Waals surface area contributed by atoms with E-state index in [-0.39, 0.29) is 12.1 Å². The second-order valence-electron chi connectivity index (χ2n) is 5.73. The number of aliphatic carboxylic acids is 1. The van der Waals surface area contributed by atoms with Gasteiger partial charge in [0.05, 0.1) is 11.5 Å².